The van der Waals surface area contributed by atoms with Crippen LogP contribution in [0.1, 0.15) is 18.4 Å². The number of anilines is 1. The highest BCUT2D eigenvalue weighted by Crippen LogP contribution is 2.57. The van der Waals surface area contributed by atoms with Gasteiger partial charge in [-0.3, -0.25) is 9.59 Å². The predicted octanol–water partition coefficient (Wildman–Crippen LogP) is 3.55. The van der Waals surface area contributed by atoms with Gasteiger partial charge in [0.1, 0.15) is 6.10 Å². The van der Waals surface area contributed by atoms with Crippen molar-refractivity contribution in [3.05, 3.63) is 27.2 Å². The molecule has 116 valence electrons. The van der Waals surface area contributed by atoms with Crippen LogP contribution in [0.4, 0.5) is 5.69 Å². The molecule has 4 rings (SSSR count). The number of amides is 1. The largest absolute Gasteiger partial charge is 0.462 e. The van der Waals surface area contributed by atoms with Gasteiger partial charge in [-0.05, 0) is 59.3 Å². The van der Waals surface area contributed by atoms with Gasteiger partial charge < -0.3 is 10.1 Å². The minimum absolute atomic E-state index is 0.0513. The highest BCUT2D eigenvalue weighted by molar-refractivity contribution is 9.10. The first-order valence-corrected chi connectivity index (χ1v) is 8.60. The SMILES string of the molecule is Cc1cc(Br)c(Cl)cc1NC(=O)[C@@H]1[C@H]2C[C@@H]3[C@@H]1C(=O)O[C@@H]3C2. The van der Waals surface area contributed by atoms with E-state index in [2.05, 4.69) is 21.2 Å². The van der Waals surface area contributed by atoms with Gasteiger partial charge in [-0.15, -0.1) is 0 Å². The molecule has 3 fully saturated rings. The molecule has 22 heavy (non-hydrogen) atoms. The average molecular weight is 385 g/mol. The lowest BCUT2D eigenvalue weighted by Crippen LogP contribution is -2.36. The third-order valence-electron chi connectivity index (χ3n) is 5.31. The number of hydrogen-bond acceptors (Lipinski definition) is 3. The Balaban J connectivity index is 1.59. The number of carbonyl (C=O) groups excluding carboxylic acids is 2. The molecule has 0 radical (unpaired) electrons. The smallest absolute Gasteiger partial charge is 0.310 e. The minimum Gasteiger partial charge on any atom is -0.462 e. The molecular weight excluding hydrogens is 370 g/mol. The van der Waals surface area contributed by atoms with Gasteiger partial charge in [-0.25, -0.2) is 0 Å². The summed E-state index contributed by atoms with van der Waals surface area (Å²) < 4.78 is 6.18. The standard InChI is InChI=1S/C16H15BrClNO3/c1-6-2-9(17)10(18)5-11(6)19-15(20)13-7-3-8-12(4-7)22-16(21)14(8)13/h2,5,7-8,12-14H,3-4H2,1H3,(H,19,20)/t7-,8-,12+,13+,14-/m0/s1. The maximum Gasteiger partial charge on any atom is 0.310 e. The summed E-state index contributed by atoms with van der Waals surface area (Å²) in [6.45, 7) is 1.91. The Kier molecular flexibility index (Phi) is 3.28. The molecule has 3 aliphatic rings. The first-order chi connectivity index (χ1) is 10.5. The van der Waals surface area contributed by atoms with Gasteiger partial charge >= 0.3 is 5.97 Å². The predicted molar refractivity (Wildman–Crippen MR) is 85.6 cm³/mol. The Hall–Kier alpha value is -1.07. The van der Waals surface area contributed by atoms with Crippen LogP contribution in [0.3, 0.4) is 0 Å². The van der Waals surface area contributed by atoms with Crippen molar-refractivity contribution in [3.63, 3.8) is 0 Å². The molecule has 6 heteroatoms. The van der Waals surface area contributed by atoms with E-state index in [-0.39, 0.29) is 41.7 Å². The van der Waals surface area contributed by atoms with Crippen LogP contribution in [0.15, 0.2) is 16.6 Å². The Morgan fingerprint density at radius 2 is 2.18 bits per heavy atom. The van der Waals surface area contributed by atoms with Gasteiger partial charge in [-0.1, -0.05) is 11.6 Å². The van der Waals surface area contributed by atoms with Crippen molar-refractivity contribution < 1.29 is 14.3 Å². The highest BCUT2D eigenvalue weighted by atomic mass is 79.9. The molecule has 1 aromatic carbocycles. The summed E-state index contributed by atoms with van der Waals surface area (Å²) in [7, 11) is 0. The van der Waals surface area contributed by atoms with Gasteiger partial charge in [0.25, 0.3) is 0 Å². The fourth-order valence-corrected chi connectivity index (χ4v) is 4.98. The number of benzene rings is 1. The number of carbonyl (C=O) groups is 2. The van der Waals surface area contributed by atoms with Crippen molar-refractivity contribution in [1.82, 2.24) is 0 Å². The number of esters is 1. The molecule has 5 atom stereocenters. The molecule has 2 aliphatic carbocycles. The van der Waals surface area contributed by atoms with Crippen LogP contribution in [-0.2, 0) is 14.3 Å². The molecule has 4 nitrogen and oxygen atoms in total. The zero-order valence-electron chi connectivity index (χ0n) is 11.9. The van der Waals surface area contributed by atoms with E-state index in [0.29, 0.717) is 10.7 Å². The molecule has 1 heterocycles. The fraction of sp³-hybridized carbons (Fsp3) is 0.500. The summed E-state index contributed by atoms with van der Waals surface area (Å²) in [5, 5.41) is 3.51. The fourth-order valence-electron chi connectivity index (χ4n) is 4.36. The molecule has 1 aliphatic heterocycles. The van der Waals surface area contributed by atoms with E-state index in [1.165, 1.54) is 0 Å². The molecule has 2 saturated carbocycles. The van der Waals surface area contributed by atoms with Crippen molar-refractivity contribution >= 4 is 45.1 Å². The van der Waals surface area contributed by atoms with E-state index in [4.69, 9.17) is 16.3 Å². The number of nitrogens with one attached hydrogen (secondary N) is 1. The lowest BCUT2D eigenvalue weighted by Gasteiger charge is -2.24. The molecule has 2 bridgehead atoms. The Morgan fingerprint density at radius 3 is 2.95 bits per heavy atom. The van der Waals surface area contributed by atoms with Gasteiger partial charge in [0, 0.05) is 16.1 Å². The maximum absolute atomic E-state index is 12.7. The molecule has 0 spiro atoms. The third kappa shape index (κ3) is 2.02. The second-order valence-corrected chi connectivity index (χ2v) is 7.75. The van der Waals surface area contributed by atoms with E-state index < -0.39 is 0 Å². The lowest BCUT2D eigenvalue weighted by atomic mass is 9.79. The second-order valence-electron chi connectivity index (χ2n) is 6.49. The van der Waals surface area contributed by atoms with Gasteiger partial charge in [-0.2, -0.15) is 0 Å². The van der Waals surface area contributed by atoms with Crippen LogP contribution in [0.2, 0.25) is 5.02 Å². The monoisotopic (exact) mass is 383 g/mol. The number of halogens is 2. The highest BCUT2D eigenvalue weighted by Gasteiger charge is 2.63. The second kappa shape index (κ2) is 4.96. The van der Waals surface area contributed by atoms with Crippen molar-refractivity contribution in [2.75, 3.05) is 5.32 Å². The zero-order chi connectivity index (χ0) is 15.6. The van der Waals surface area contributed by atoms with Crippen LogP contribution in [0.5, 0.6) is 0 Å². The van der Waals surface area contributed by atoms with E-state index in [1.54, 1.807) is 6.07 Å². The Morgan fingerprint density at radius 1 is 1.41 bits per heavy atom. The van der Waals surface area contributed by atoms with Crippen LogP contribution in [0, 0.1) is 30.6 Å². The number of fused-ring (bicyclic) bond motifs is 1. The van der Waals surface area contributed by atoms with Gasteiger partial charge in [0.2, 0.25) is 5.91 Å². The van der Waals surface area contributed by atoms with Crippen LogP contribution in [0.25, 0.3) is 0 Å². The van der Waals surface area contributed by atoms with Crippen LogP contribution < -0.4 is 5.32 Å². The quantitative estimate of drug-likeness (QED) is 0.793. The number of rotatable bonds is 2. The first kappa shape index (κ1) is 14.5. The van der Waals surface area contributed by atoms with E-state index in [9.17, 15) is 9.59 Å². The van der Waals surface area contributed by atoms with Crippen LogP contribution in [-0.4, -0.2) is 18.0 Å². The van der Waals surface area contributed by atoms with E-state index in [1.807, 2.05) is 13.0 Å². The summed E-state index contributed by atoms with van der Waals surface area (Å²) in [5.41, 5.74) is 1.63. The van der Waals surface area contributed by atoms with Crippen molar-refractivity contribution in [3.8, 4) is 0 Å². The minimum atomic E-state index is -0.266. The number of hydrogen-bond donors (Lipinski definition) is 1. The van der Waals surface area contributed by atoms with E-state index >= 15 is 0 Å². The van der Waals surface area contributed by atoms with Gasteiger partial charge in [0.05, 0.1) is 16.9 Å². The molecular formula is C16H15BrClNO3. The molecule has 1 N–H and O–H groups in total. The summed E-state index contributed by atoms with van der Waals surface area (Å²) in [4.78, 5) is 24.7. The van der Waals surface area contributed by atoms with Crippen molar-refractivity contribution in [1.29, 1.82) is 0 Å². The van der Waals surface area contributed by atoms with Crippen LogP contribution >= 0.6 is 27.5 Å². The van der Waals surface area contributed by atoms with Crippen molar-refractivity contribution in [2.24, 2.45) is 23.7 Å². The summed E-state index contributed by atoms with van der Waals surface area (Å²) >= 11 is 9.47. The molecule has 1 saturated heterocycles. The van der Waals surface area contributed by atoms with Crippen molar-refractivity contribution in [2.45, 2.75) is 25.9 Å². The third-order valence-corrected chi connectivity index (χ3v) is 6.51. The summed E-state index contributed by atoms with van der Waals surface area (Å²) in [5.74, 6) is -0.300. The van der Waals surface area contributed by atoms with E-state index in [0.717, 1.165) is 22.9 Å². The lowest BCUT2D eigenvalue weighted by molar-refractivity contribution is -0.145. The topological polar surface area (TPSA) is 55.4 Å². The molecule has 0 aromatic heterocycles. The summed E-state index contributed by atoms with van der Waals surface area (Å²) in [6.07, 6.45) is 1.81. The number of ether oxygens (including phenoxy) is 1. The summed E-state index contributed by atoms with van der Waals surface area (Å²) in [6, 6.07) is 3.61. The Labute approximate surface area is 141 Å². The molecule has 0 unspecified atom stereocenters. The Bertz CT molecular complexity index is 690. The average Bonchev–Trinajstić information content (AvgIpc) is 3.05. The molecule has 1 aromatic rings. The van der Waals surface area contributed by atoms with Gasteiger partial charge in [0.15, 0.2) is 0 Å². The first-order valence-electron chi connectivity index (χ1n) is 7.42. The molecule has 1 amide bonds. The normalized spacial score (nSPS) is 34.9. The zero-order valence-corrected chi connectivity index (χ0v) is 14.3. The maximum atomic E-state index is 12.7. The number of aryl methyl sites for hydroxylation is 1.